The Morgan fingerprint density at radius 1 is 1.09 bits per heavy atom. The van der Waals surface area contributed by atoms with Gasteiger partial charge < -0.3 is 9.15 Å². The number of halogens is 1. The SMILES string of the molecule is Cc1cc(C)c(C)c(OCc2nnc(-c3ccccc3Br)o2)c1. The monoisotopic (exact) mass is 372 g/mol. The van der Waals surface area contributed by atoms with Gasteiger partial charge in [-0.25, -0.2) is 0 Å². The van der Waals surface area contributed by atoms with E-state index < -0.39 is 0 Å². The molecule has 0 spiro atoms. The molecular formula is C18H17BrN2O2. The number of benzene rings is 2. The van der Waals surface area contributed by atoms with E-state index in [2.05, 4.69) is 46.0 Å². The zero-order valence-corrected chi connectivity index (χ0v) is 14.8. The summed E-state index contributed by atoms with van der Waals surface area (Å²) in [7, 11) is 0. The number of hydrogen-bond donors (Lipinski definition) is 0. The van der Waals surface area contributed by atoms with Crippen molar-refractivity contribution in [1.29, 1.82) is 0 Å². The summed E-state index contributed by atoms with van der Waals surface area (Å²) in [5, 5.41) is 8.15. The summed E-state index contributed by atoms with van der Waals surface area (Å²) in [6.45, 7) is 6.43. The van der Waals surface area contributed by atoms with Gasteiger partial charge in [0, 0.05) is 4.47 Å². The minimum Gasteiger partial charge on any atom is -0.484 e. The van der Waals surface area contributed by atoms with Crippen molar-refractivity contribution in [2.75, 3.05) is 0 Å². The van der Waals surface area contributed by atoms with Crippen molar-refractivity contribution in [3.05, 3.63) is 63.5 Å². The van der Waals surface area contributed by atoms with Crippen molar-refractivity contribution in [2.24, 2.45) is 0 Å². The second-order valence-electron chi connectivity index (χ2n) is 5.47. The summed E-state index contributed by atoms with van der Waals surface area (Å²) >= 11 is 3.48. The number of nitrogens with zero attached hydrogens (tertiary/aromatic N) is 2. The molecule has 5 heteroatoms. The van der Waals surface area contributed by atoms with Crippen molar-refractivity contribution in [3.8, 4) is 17.2 Å². The Kier molecular flexibility index (Phi) is 4.48. The van der Waals surface area contributed by atoms with Gasteiger partial charge in [-0.15, -0.1) is 10.2 Å². The summed E-state index contributed by atoms with van der Waals surface area (Å²) in [5.41, 5.74) is 4.37. The number of rotatable bonds is 4. The third-order valence-corrected chi connectivity index (χ3v) is 4.38. The lowest BCUT2D eigenvalue weighted by Crippen LogP contribution is -1.99. The minimum atomic E-state index is 0.251. The van der Waals surface area contributed by atoms with E-state index in [0.29, 0.717) is 11.8 Å². The first-order valence-electron chi connectivity index (χ1n) is 7.32. The zero-order chi connectivity index (χ0) is 16.4. The van der Waals surface area contributed by atoms with Crippen molar-refractivity contribution >= 4 is 15.9 Å². The van der Waals surface area contributed by atoms with Crippen LogP contribution >= 0.6 is 15.9 Å². The second kappa shape index (κ2) is 6.54. The lowest BCUT2D eigenvalue weighted by molar-refractivity contribution is 0.262. The molecule has 0 N–H and O–H groups in total. The van der Waals surface area contributed by atoms with Crippen LogP contribution in [0.5, 0.6) is 5.75 Å². The molecule has 0 radical (unpaired) electrons. The average molecular weight is 373 g/mol. The van der Waals surface area contributed by atoms with Crippen molar-refractivity contribution < 1.29 is 9.15 Å². The van der Waals surface area contributed by atoms with E-state index in [9.17, 15) is 0 Å². The van der Waals surface area contributed by atoms with Crippen LogP contribution in [0.2, 0.25) is 0 Å². The normalized spacial score (nSPS) is 10.8. The fourth-order valence-corrected chi connectivity index (χ4v) is 2.80. The molecule has 3 rings (SSSR count). The minimum absolute atomic E-state index is 0.251. The number of aryl methyl sites for hydroxylation is 2. The van der Waals surface area contributed by atoms with Gasteiger partial charge in [-0.2, -0.15) is 0 Å². The molecule has 3 aromatic rings. The smallest absolute Gasteiger partial charge is 0.254 e. The summed E-state index contributed by atoms with van der Waals surface area (Å²) in [6.07, 6.45) is 0. The molecule has 1 heterocycles. The van der Waals surface area contributed by atoms with Crippen LogP contribution in [0.4, 0.5) is 0 Å². The van der Waals surface area contributed by atoms with Crippen LogP contribution in [0, 0.1) is 20.8 Å². The van der Waals surface area contributed by atoms with Gasteiger partial charge in [-0.3, -0.25) is 0 Å². The molecule has 0 aliphatic carbocycles. The quantitative estimate of drug-likeness (QED) is 0.646. The molecule has 2 aromatic carbocycles. The van der Waals surface area contributed by atoms with Gasteiger partial charge in [0.1, 0.15) is 5.75 Å². The van der Waals surface area contributed by atoms with E-state index >= 15 is 0 Å². The predicted octanol–water partition coefficient (Wildman–Crippen LogP) is 5.00. The van der Waals surface area contributed by atoms with Gasteiger partial charge >= 0.3 is 0 Å². The van der Waals surface area contributed by atoms with Gasteiger partial charge in [0.05, 0.1) is 5.56 Å². The molecular weight excluding hydrogens is 356 g/mol. The largest absolute Gasteiger partial charge is 0.484 e. The Morgan fingerprint density at radius 3 is 2.65 bits per heavy atom. The molecule has 0 fully saturated rings. The van der Waals surface area contributed by atoms with E-state index in [-0.39, 0.29) is 6.61 Å². The molecule has 0 amide bonds. The summed E-state index contributed by atoms with van der Waals surface area (Å²) in [5.74, 6) is 1.78. The maximum Gasteiger partial charge on any atom is 0.254 e. The lowest BCUT2D eigenvalue weighted by Gasteiger charge is -2.10. The number of hydrogen-bond acceptors (Lipinski definition) is 4. The van der Waals surface area contributed by atoms with Crippen LogP contribution in [0.25, 0.3) is 11.5 Å². The van der Waals surface area contributed by atoms with Crippen molar-refractivity contribution in [2.45, 2.75) is 27.4 Å². The lowest BCUT2D eigenvalue weighted by atomic mass is 10.1. The summed E-state index contributed by atoms with van der Waals surface area (Å²) < 4.78 is 12.5. The van der Waals surface area contributed by atoms with Crippen LogP contribution in [0.1, 0.15) is 22.6 Å². The van der Waals surface area contributed by atoms with Crippen LogP contribution < -0.4 is 4.74 Å². The number of aromatic nitrogens is 2. The third-order valence-electron chi connectivity index (χ3n) is 3.69. The van der Waals surface area contributed by atoms with E-state index in [1.165, 1.54) is 11.1 Å². The van der Waals surface area contributed by atoms with Crippen LogP contribution in [-0.2, 0) is 6.61 Å². The Bertz CT molecular complexity index is 843. The van der Waals surface area contributed by atoms with E-state index in [1.807, 2.05) is 37.3 Å². The van der Waals surface area contributed by atoms with Gasteiger partial charge in [0.2, 0.25) is 5.89 Å². The van der Waals surface area contributed by atoms with Gasteiger partial charge in [0.15, 0.2) is 6.61 Å². The molecule has 0 aliphatic heterocycles. The second-order valence-corrected chi connectivity index (χ2v) is 6.33. The molecule has 0 bridgehead atoms. The summed E-state index contributed by atoms with van der Waals surface area (Å²) in [4.78, 5) is 0. The Balaban J connectivity index is 1.77. The topological polar surface area (TPSA) is 48.2 Å². The van der Waals surface area contributed by atoms with E-state index in [4.69, 9.17) is 9.15 Å². The molecule has 0 unspecified atom stereocenters. The predicted molar refractivity (Wildman–Crippen MR) is 92.4 cm³/mol. The third kappa shape index (κ3) is 3.45. The van der Waals surface area contributed by atoms with Crippen molar-refractivity contribution in [1.82, 2.24) is 10.2 Å². The summed E-state index contributed by atoms with van der Waals surface area (Å²) in [6, 6.07) is 11.9. The Labute approximate surface area is 143 Å². The number of ether oxygens (including phenoxy) is 1. The molecule has 0 saturated carbocycles. The Morgan fingerprint density at radius 2 is 1.87 bits per heavy atom. The van der Waals surface area contributed by atoms with Gasteiger partial charge in [-0.1, -0.05) is 18.2 Å². The first-order chi connectivity index (χ1) is 11.0. The highest BCUT2D eigenvalue weighted by Crippen LogP contribution is 2.27. The van der Waals surface area contributed by atoms with Crippen LogP contribution in [0.15, 0.2) is 45.3 Å². The average Bonchev–Trinajstić information content (AvgIpc) is 2.98. The van der Waals surface area contributed by atoms with Crippen LogP contribution in [-0.4, -0.2) is 10.2 Å². The fraction of sp³-hybridized carbons (Fsp3) is 0.222. The molecule has 118 valence electrons. The molecule has 0 saturated heterocycles. The highest BCUT2D eigenvalue weighted by molar-refractivity contribution is 9.10. The highest BCUT2D eigenvalue weighted by Gasteiger charge is 2.12. The standard InChI is InChI=1S/C18H17BrN2O2/c1-11-8-12(2)13(3)16(9-11)22-10-17-20-21-18(23-17)14-6-4-5-7-15(14)19/h4-9H,10H2,1-3H3. The molecule has 1 aromatic heterocycles. The molecule has 4 nitrogen and oxygen atoms in total. The zero-order valence-electron chi connectivity index (χ0n) is 13.3. The molecule has 23 heavy (non-hydrogen) atoms. The molecule has 0 atom stereocenters. The first-order valence-corrected chi connectivity index (χ1v) is 8.12. The first kappa shape index (κ1) is 15.7. The Hall–Kier alpha value is -2.14. The van der Waals surface area contributed by atoms with E-state index in [1.54, 1.807) is 0 Å². The maximum atomic E-state index is 5.86. The molecule has 0 aliphatic rings. The van der Waals surface area contributed by atoms with E-state index in [0.717, 1.165) is 21.3 Å². The van der Waals surface area contributed by atoms with Crippen LogP contribution in [0.3, 0.4) is 0 Å². The highest BCUT2D eigenvalue weighted by atomic mass is 79.9. The fourth-order valence-electron chi connectivity index (χ4n) is 2.35. The van der Waals surface area contributed by atoms with Gasteiger partial charge in [-0.05, 0) is 71.6 Å². The van der Waals surface area contributed by atoms with Crippen molar-refractivity contribution in [3.63, 3.8) is 0 Å². The van der Waals surface area contributed by atoms with Gasteiger partial charge in [0.25, 0.3) is 5.89 Å². The maximum absolute atomic E-state index is 5.86.